The third-order valence-electron chi connectivity index (χ3n) is 5.44. The summed E-state index contributed by atoms with van der Waals surface area (Å²) in [6.45, 7) is 5.57. The molecule has 1 unspecified atom stereocenters. The number of esters is 1. The number of carbonyl (C=O) groups is 1. The van der Waals surface area contributed by atoms with Gasteiger partial charge in [0.25, 0.3) is 0 Å². The molecule has 0 bridgehead atoms. The Kier molecular flexibility index (Phi) is 8.62. The fourth-order valence-corrected chi connectivity index (χ4v) is 4.85. The van der Waals surface area contributed by atoms with Gasteiger partial charge in [0.1, 0.15) is 6.04 Å². The highest BCUT2D eigenvalue weighted by Crippen LogP contribution is 2.40. The fraction of sp³-hybridized carbons (Fsp3) is 0.346. The van der Waals surface area contributed by atoms with E-state index in [9.17, 15) is 18.0 Å². The lowest BCUT2D eigenvalue weighted by Gasteiger charge is -2.35. The number of nitriles is 1. The number of unbranched alkanes of at least 4 members (excludes halogenated alkanes) is 1. The molecule has 0 fully saturated rings. The van der Waals surface area contributed by atoms with Crippen molar-refractivity contribution in [1.82, 2.24) is 0 Å². The number of allylic oxidation sites excluding steroid dienone is 1. The molecular weight excluding hydrogens is 475 g/mol. The first-order chi connectivity index (χ1) is 16.7. The van der Waals surface area contributed by atoms with Crippen molar-refractivity contribution >= 4 is 28.6 Å². The maximum atomic E-state index is 13.5. The molecule has 0 aromatic heterocycles. The highest BCUT2D eigenvalue weighted by molar-refractivity contribution is 8.14. The van der Waals surface area contributed by atoms with Gasteiger partial charge in [-0.1, -0.05) is 43.3 Å². The van der Waals surface area contributed by atoms with Gasteiger partial charge in [-0.15, -0.1) is 0 Å². The Morgan fingerprint density at radius 3 is 2.51 bits per heavy atom. The monoisotopic (exact) mass is 501 g/mol. The van der Waals surface area contributed by atoms with Crippen LogP contribution >= 0.6 is 11.8 Å². The van der Waals surface area contributed by atoms with Crippen molar-refractivity contribution in [3.63, 3.8) is 0 Å². The van der Waals surface area contributed by atoms with Crippen LogP contribution in [0, 0.1) is 11.3 Å². The predicted octanol–water partition coefficient (Wildman–Crippen LogP) is 6.86. The number of carbonyl (C=O) groups excluding carboxylic acids is 1. The van der Waals surface area contributed by atoms with Crippen LogP contribution in [-0.2, 0) is 15.7 Å². The Bertz CT molecular complexity index is 1170. The van der Waals surface area contributed by atoms with Crippen LogP contribution in [0.1, 0.15) is 56.3 Å². The van der Waals surface area contributed by atoms with Crippen LogP contribution in [-0.4, -0.2) is 23.5 Å². The van der Waals surface area contributed by atoms with Crippen LogP contribution < -0.4 is 4.90 Å². The summed E-state index contributed by atoms with van der Waals surface area (Å²) >= 11 is 1.43. The summed E-state index contributed by atoms with van der Waals surface area (Å²) in [6, 6.07) is 13.1. The van der Waals surface area contributed by atoms with Crippen LogP contribution in [0.5, 0.6) is 0 Å². The van der Waals surface area contributed by atoms with Crippen LogP contribution in [0.2, 0.25) is 0 Å². The average Bonchev–Trinajstić information content (AvgIpc) is 2.83. The minimum atomic E-state index is -4.51. The maximum Gasteiger partial charge on any atom is 0.416 e. The van der Waals surface area contributed by atoms with Gasteiger partial charge in [0.05, 0.1) is 29.4 Å². The lowest BCUT2D eigenvalue weighted by molar-refractivity contribution is -0.139. The van der Waals surface area contributed by atoms with Gasteiger partial charge in [0.2, 0.25) is 0 Å². The molecule has 0 aliphatic carbocycles. The number of alkyl halides is 3. The molecule has 2 aromatic carbocycles. The molecule has 1 heterocycles. The van der Waals surface area contributed by atoms with E-state index in [1.165, 1.54) is 17.8 Å². The molecule has 35 heavy (non-hydrogen) atoms. The van der Waals surface area contributed by atoms with E-state index >= 15 is 0 Å². The first kappa shape index (κ1) is 26.4. The van der Waals surface area contributed by atoms with Gasteiger partial charge < -0.3 is 4.74 Å². The molecule has 5 nitrogen and oxygen atoms in total. The van der Waals surface area contributed by atoms with Crippen molar-refractivity contribution in [2.24, 2.45) is 4.99 Å². The van der Waals surface area contributed by atoms with E-state index in [0.717, 1.165) is 25.0 Å². The molecule has 184 valence electrons. The normalized spacial score (nSPS) is 16.1. The number of ether oxygens (including phenoxy) is 1. The number of amidine groups is 1. The summed E-state index contributed by atoms with van der Waals surface area (Å²) in [5, 5.41) is 9.64. The number of halogens is 3. The van der Waals surface area contributed by atoms with Crippen molar-refractivity contribution in [3.05, 3.63) is 76.5 Å². The van der Waals surface area contributed by atoms with Gasteiger partial charge in [-0.25, -0.2) is 9.79 Å². The second-order valence-corrected chi connectivity index (χ2v) is 8.92. The number of rotatable bonds is 7. The number of thioether (sulfide) groups is 1. The second-order valence-electron chi connectivity index (χ2n) is 7.85. The van der Waals surface area contributed by atoms with E-state index in [-0.39, 0.29) is 17.9 Å². The van der Waals surface area contributed by atoms with E-state index < -0.39 is 23.8 Å². The Labute approximate surface area is 207 Å². The van der Waals surface area contributed by atoms with Gasteiger partial charge in [0.15, 0.2) is 5.17 Å². The number of anilines is 1. The summed E-state index contributed by atoms with van der Waals surface area (Å²) < 4.78 is 45.7. The molecule has 0 amide bonds. The Morgan fingerprint density at radius 1 is 1.20 bits per heavy atom. The minimum Gasteiger partial charge on any atom is -0.463 e. The topological polar surface area (TPSA) is 65.7 Å². The average molecular weight is 502 g/mol. The first-order valence-electron chi connectivity index (χ1n) is 11.3. The van der Waals surface area contributed by atoms with Crippen molar-refractivity contribution < 1.29 is 22.7 Å². The molecule has 0 radical (unpaired) electrons. The molecule has 1 aliphatic heterocycles. The smallest absolute Gasteiger partial charge is 0.416 e. The molecule has 0 N–H and O–H groups in total. The number of benzene rings is 2. The quantitative estimate of drug-likeness (QED) is 0.306. The number of hydrogen-bond acceptors (Lipinski definition) is 6. The van der Waals surface area contributed by atoms with Crippen LogP contribution in [0.25, 0.3) is 0 Å². The highest BCUT2D eigenvalue weighted by Gasteiger charge is 2.36. The third-order valence-corrected chi connectivity index (χ3v) is 6.48. The summed E-state index contributed by atoms with van der Waals surface area (Å²) in [5.41, 5.74) is 1.33. The van der Waals surface area contributed by atoms with Crippen LogP contribution in [0.4, 0.5) is 18.9 Å². The van der Waals surface area contributed by atoms with Crippen molar-refractivity contribution in [2.75, 3.05) is 17.3 Å². The van der Waals surface area contributed by atoms with Gasteiger partial charge in [0, 0.05) is 17.1 Å². The van der Waals surface area contributed by atoms with E-state index in [1.807, 2.05) is 0 Å². The van der Waals surface area contributed by atoms with E-state index in [4.69, 9.17) is 15.0 Å². The van der Waals surface area contributed by atoms with Crippen molar-refractivity contribution in [1.29, 1.82) is 5.26 Å². The van der Waals surface area contributed by atoms with Gasteiger partial charge in [-0.2, -0.15) is 18.4 Å². The highest BCUT2D eigenvalue weighted by atomic mass is 32.2. The number of hydrogen-bond donors (Lipinski definition) is 0. The predicted molar refractivity (Wildman–Crippen MR) is 132 cm³/mol. The summed E-state index contributed by atoms with van der Waals surface area (Å²) in [6.07, 6.45) is -2.66. The van der Waals surface area contributed by atoms with E-state index in [0.29, 0.717) is 27.7 Å². The second kappa shape index (κ2) is 11.5. The van der Waals surface area contributed by atoms with Crippen LogP contribution in [0.15, 0.2) is 64.8 Å². The molecule has 2 aromatic rings. The zero-order valence-electron chi connectivity index (χ0n) is 19.7. The van der Waals surface area contributed by atoms with Crippen LogP contribution in [0.3, 0.4) is 0 Å². The zero-order valence-corrected chi connectivity index (χ0v) is 20.5. The Morgan fingerprint density at radius 2 is 1.91 bits per heavy atom. The molecule has 3 rings (SSSR count). The van der Waals surface area contributed by atoms with E-state index in [2.05, 4.69) is 13.0 Å². The first-order valence-corrected chi connectivity index (χ1v) is 12.3. The molecule has 1 atom stereocenters. The maximum absolute atomic E-state index is 13.5. The fourth-order valence-electron chi connectivity index (χ4n) is 3.68. The molecule has 0 saturated carbocycles. The Hall–Kier alpha value is -3.25. The van der Waals surface area contributed by atoms with Gasteiger partial charge >= 0.3 is 12.1 Å². The summed E-state index contributed by atoms with van der Waals surface area (Å²) in [4.78, 5) is 19.5. The molecule has 1 aliphatic rings. The lowest BCUT2D eigenvalue weighted by atomic mass is 9.95. The third kappa shape index (κ3) is 6.06. The Balaban J connectivity index is 2.19. The molecule has 9 heteroatoms. The van der Waals surface area contributed by atoms with Crippen molar-refractivity contribution in [2.45, 2.75) is 45.8 Å². The number of aliphatic imine (C=N–C) groups is 1. The molecule has 0 spiro atoms. The zero-order chi connectivity index (χ0) is 25.6. The van der Waals surface area contributed by atoms with Gasteiger partial charge in [-0.05, 0) is 56.2 Å². The summed E-state index contributed by atoms with van der Waals surface area (Å²) in [7, 11) is 0. The standard InChI is InChI=1S/C26H26F3N3O2S/c1-4-6-14-35-25-31-23(19-12-10-18(16-30)11-13-19)22(24(33)34-5-2)17(3)32(25)21-9-7-8-20(15-21)26(27,28)29/h7-13,15,23H,4-6,14H2,1-3H3. The minimum absolute atomic E-state index is 0.140. The molecule has 0 saturated heterocycles. The van der Waals surface area contributed by atoms with E-state index in [1.54, 1.807) is 49.1 Å². The van der Waals surface area contributed by atoms with Crippen molar-refractivity contribution in [3.8, 4) is 6.07 Å². The van der Waals surface area contributed by atoms with Gasteiger partial charge in [-0.3, -0.25) is 4.90 Å². The summed E-state index contributed by atoms with van der Waals surface area (Å²) in [5.74, 6) is 0.130. The largest absolute Gasteiger partial charge is 0.463 e. The number of nitrogens with zero attached hydrogens (tertiary/aromatic N) is 3. The lowest BCUT2D eigenvalue weighted by Crippen LogP contribution is -2.35. The molecular formula is C26H26F3N3O2S. The SMILES string of the molecule is CCCCSC1=NC(c2ccc(C#N)cc2)C(C(=O)OCC)=C(C)N1c1cccc(C(F)(F)F)c1.